The van der Waals surface area contributed by atoms with Gasteiger partial charge >= 0.3 is 0 Å². The van der Waals surface area contributed by atoms with Crippen LogP contribution in [0.4, 0.5) is 0 Å². The normalized spacial score (nSPS) is 13.4. The van der Waals surface area contributed by atoms with Gasteiger partial charge in [-0.15, -0.1) is 23.7 Å². The Morgan fingerprint density at radius 3 is 2.59 bits per heavy atom. The van der Waals surface area contributed by atoms with Gasteiger partial charge in [0, 0.05) is 29.3 Å². The Morgan fingerprint density at radius 2 is 2.12 bits per heavy atom. The first-order valence-corrected chi connectivity index (χ1v) is 6.82. The molecule has 1 aromatic rings. The molecule has 0 aliphatic carbocycles. The molecule has 1 rings (SSSR count). The molecule has 0 aromatic carbocycles. The van der Waals surface area contributed by atoms with Crippen molar-refractivity contribution in [2.75, 3.05) is 6.54 Å². The second-order valence-electron chi connectivity index (χ2n) is 5.35. The smallest absolute Gasteiger partial charge is 0.0985 e. The van der Waals surface area contributed by atoms with Crippen molar-refractivity contribution in [3.8, 4) is 12.3 Å². The van der Waals surface area contributed by atoms with Crippen LogP contribution in [0.3, 0.4) is 0 Å². The third kappa shape index (κ3) is 3.83. The summed E-state index contributed by atoms with van der Waals surface area (Å²) in [6, 6.07) is 0.331. The summed E-state index contributed by atoms with van der Waals surface area (Å²) in [6.07, 6.45) is 6.02. The lowest BCUT2D eigenvalue weighted by atomic mass is 9.98. The van der Waals surface area contributed by atoms with Crippen molar-refractivity contribution in [1.82, 2.24) is 10.3 Å². The highest BCUT2D eigenvalue weighted by molar-refractivity contribution is 7.12. The molecule has 0 aliphatic rings. The van der Waals surface area contributed by atoms with Crippen molar-refractivity contribution in [1.29, 1.82) is 0 Å². The Bertz CT molecular complexity index is 407. The minimum atomic E-state index is 0.131. The average Bonchev–Trinajstić information content (AvgIpc) is 2.60. The van der Waals surface area contributed by atoms with Crippen molar-refractivity contribution in [3.05, 3.63) is 15.6 Å². The molecule has 0 bridgehead atoms. The molecule has 0 radical (unpaired) electrons. The van der Waals surface area contributed by atoms with Crippen LogP contribution in [0.2, 0.25) is 0 Å². The number of hydrogen-bond acceptors (Lipinski definition) is 3. The second kappa shape index (κ2) is 5.66. The summed E-state index contributed by atoms with van der Waals surface area (Å²) in [5.41, 5.74) is 1.27. The van der Waals surface area contributed by atoms with E-state index < -0.39 is 0 Å². The lowest BCUT2D eigenvalue weighted by molar-refractivity contribution is 0.582. The Balaban J connectivity index is 2.78. The van der Waals surface area contributed by atoms with Gasteiger partial charge in [0.2, 0.25) is 0 Å². The van der Waals surface area contributed by atoms with E-state index in [0.717, 1.165) is 18.7 Å². The Labute approximate surface area is 109 Å². The number of terminal acetylenes is 1. The molecule has 0 fully saturated rings. The zero-order valence-corrected chi connectivity index (χ0v) is 12.2. The van der Waals surface area contributed by atoms with E-state index in [0.29, 0.717) is 6.04 Å². The van der Waals surface area contributed by atoms with Gasteiger partial charge in [0.1, 0.15) is 0 Å². The molecule has 1 unspecified atom stereocenters. The first-order chi connectivity index (χ1) is 7.86. The quantitative estimate of drug-likeness (QED) is 0.654. The van der Waals surface area contributed by atoms with Crippen molar-refractivity contribution < 1.29 is 0 Å². The zero-order valence-electron chi connectivity index (χ0n) is 11.4. The van der Waals surface area contributed by atoms with Crippen LogP contribution in [0.1, 0.15) is 55.7 Å². The minimum Gasteiger partial charge on any atom is -0.308 e. The summed E-state index contributed by atoms with van der Waals surface area (Å²) in [7, 11) is 0. The molecule has 0 spiro atoms. The first-order valence-electron chi connectivity index (χ1n) is 6.01. The standard InChI is InChI=1S/C14H22N2S/c1-7-8-9-15-10(2)12-11(3)16-13(17-12)14(4,5)6/h1,10,15H,8-9H2,2-6H3. The van der Waals surface area contributed by atoms with E-state index in [1.54, 1.807) is 0 Å². The maximum Gasteiger partial charge on any atom is 0.0985 e. The van der Waals surface area contributed by atoms with Gasteiger partial charge in [-0.3, -0.25) is 0 Å². The highest BCUT2D eigenvalue weighted by Crippen LogP contribution is 2.32. The van der Waals surface area contributed by atoms with Crippen LogP contribution in [-0.4, -0.2) is 11.5 Å². The van der Waals surface area contributed by atoms with Gasteiger partial charge in [0.25, 0.3) is 0 Å². The number of nitrogens with zero attached hydrogens (tertiary/aromatic N) is 1. The summed E-state index contributed by atoms with van der Waals surface area (Å²) in [6.45, 7) is 11.7. The molecule has 1 atom stereocenters. The van der Waals surface area contributed by atoms with E-state index in [-0.39, 0.29) is 5.41 Å². The van der Waals surface area contributed by atoms with Gasteiger partial charge in [-0.2, -0.15) is 0 Å². The Morgan fingerprint density at radius 1 is 1.47 bits per heavy atom. The minimum absolute atomic E-state index is 0.131. The maximum absolute atomic E-state index is 5.24. The number of rotatable bonds is 4. The topological polar surface area (TPSA) is 24.9 Å². The second-order valence-corrected chi connectivity index (χ2v) is 6.38. The van der Waals surface area contributed by atoms with Gasteiger partial charge in [0.05, 0.1) is 10.7 Å². The highest BCUT2D eigenvalue weighted by atomic mass is 32.1. The molecule has 1 N–H and O–H groups in total. The van der Waals surface area contributed by atoms with Crippen LogP contribution in [-0.2, 0) is 5.41 Å². The highest BCUT2D eigenvalue weighted by Gasteiger charge is 2.21. The molecule has 3 heteroatoms. The average molecular weight is 250 g/mol. The van der Waals surface area contributed by atoms with E-state index >= 15 is 0 Å². The number of aromatic nitrogens is 1. The fourth-order valence-electron chi connectivity index (χ4n) is 1.58. The summed E-state index contributed by atoms with van der Waals surface area (Å²) in [5.74, 6) is 2.64. The van der Waals surface area contributed by atoms with Crippen molar-refractivity contribution >= 4 is 11.3 Å². The predicted molar refractivity (Wildman–Crippen MR) is 75.4 cm³/mol. The van der Waals surface area contributed by atoms with Crippen LogP contribution in [0.15, 0.2) is 0 Å². The largest absolute Gasteiger partial charge is 0.308 e. The number of thiazole rings is 1. The molecule has 0 saturated heterocycles. The van der Waals surface area contributed by atoms with Gasteiger partial charge in [0.15, 0.2) is 0 Å². The number of aryl methyl sites for hydroxylation is 1. The Kier molecular flexibility index (Phi) is 4.73. The van der Waals surface area contributed by atoms with E-state index in [1.807, 2.05) is 11.3 Å². The third-order valence-corrected chi connectivity index (χ3v) is 4.35. The maximum atomic E-state index is 5.24. The molecule has 0 aliphatic heterocycles. The van der Waals surface area contributed by atoms with E-state index in [9.17, 15) is 0 Å². The fourth-order valence-corrected chi connectivity index (χ4v) is 2.73. The number of nitrogens with one attached hydrogen (secondary N) is 1. The Hall–Kier alpha value is -0.850. The number of hydrogen-bond donors (Lipinski definition) is 1. The molecule has 0 saturated carbocycles. The van der Waals surface area contributed by atoms with E-state index in [4.69, 9.17) is 6.42 Å². The summed E-state index contributed by atoms with van der Waals surface area (Å²) in [5, 5.41) is 4.64. The molecular weight excluding hydrogens is 228 g/mol. The zero-order chi connectivity index (χ0) is 13.1. The summed E-state index contributed by atoms with van der Waals surface area (Å²) in [4.78, 5) is 6.00. The first kappa shape index (κ1) is 14.2. The lowest BCUT2D eigenvalue weighted by Gasteiger charge is -2.14. The van der Waals surface area contributed by atoms with Crippen LogP contribution in [0.5, 0.6) is 0 Å². The molecule has 1 aromatic heterocycles. The fraction of sp³-hybridized carbons (Fsp3) is 0.643. The SMILES string of the molecule is C#CCCNC(C)c1sc(C(C)(C)C)nc1C. The van der Waals surface area contributed by atoms with E-state index in [1.165, 1.54) is 9.88 Å². The van der Waals surface area contributed by atoms with E-state index in [2.05, 4.69) is 50.8 Å². The van der Waals surface area contributed by atoms with Crippen LogP contribution in [0.25, 0.3) is 0 Å². The monoisotopic (exact) mass is 250 g/mol. The van der Waals surface area contributed by atoms with Gasteiger partial charge in [-0.25, -0.2) is 4.98 Å². The van der Waals surface area contributed by atoms with Crippen LogP contribution >= 0.6 is 11.3 Å². The predicted octanol–water partition coefficient (Wildman–Crippen LogP) is 3.42. The molecule has 2 nitrogen and oxygen atoms in total. The van der Waals surface area contributed by atoms with Gasteiger partial charge < -0.3 is 5.32 Å². The summed E-state index contributed by atoms with van der Waals surface area (Å²) < 4.78 is 0. The lowest BCUT2D eigenvalue weighted by Crippen LogP contribution is -2.19. The third-order valence-electron chi connectivity index (χ3n) is 2.59. The van der Waals surface area contributed by atoms with Crippen LogP contribution in [0, 0.1) is 19.3 Å². The summed E-state index contributed by atoms with van der Waals surface area (Å²) >= 11 is 1.81. The van der Waals surface area contributed by atoms with Gasteiger partial charge in [-0.1, -0.05) is 20.8 Å². The molecule has 17 heavy (non-hydrogen) atoms. The molecule has 1 heterocycles. The van der Waals surface area contributed by atoms with Crippen LogP contribution < -0.4 is 5.32 Å². The molecular formula is C14H22N2S. The van der Waals surface area contributed by atoms with Crippen molar-refractivity contribution in [2.45, 2.75) is 52.5 Å². The van der Waals surface area contributed by atoms with Gasteiger partial charge in [-0.05, 0) is 13.8 Å². The molecule has 0 amide bonds. The van der Waals surface area contributed by atoms with Crippen molar-refractivity contribution in [3.63, 3.8) is 0 Å². The van der Waals surface area contributed by atoms with Crippen molar-refractivity contribution in [2.24, 2.45) is 0 Å². The molecule has 94 valence electrons.